The molecule has 2 heterocycles. The van der Waals surface area contributed by atoms with E-state index in [-0.39, 0.29) is 11.7 Å². The average molecular weight is 223 g/mol. The molecule has 1 aromatic heterocycles. The number of aromatic nitrogens is 2. The maximum Gasteiger partial charge on any atom is 0.252 e. The van der Waals surface area contributed by atoms with Crippen LogP contribution in [0.1, 0.15) is 19.2 Å². The second-order valence-corrected chi connectivity index (χ2v) is 4.00. The molecule has 0 aromatic carbocycles. The van der Waals surface area contributed by atoms with Crippen LogP contribution in [0, 0.1) is 0 Å². The zero-order valence-electron chi connectivity index (χ0n) is 9.69. The lowest BCUT2D eigenvalue weighted by Gasteiger charge is -2.17. The van der Waals surface area contributed by atoms with E-state index in [4.69, 9.17) is 4.74 Å². The molecule has 1 atom stereocenters. The quantitative estimate of drug-likeness (QED) is 0.813. The Balaban J connectivity index is 2.21. The normalized spacial score (nSPS) is 20.4. The molecule has 16 heavy (non-hydrogen) atoms. The van der Waals surface area contributed by atoms with Crippen molar-refractivity contribution in [2.24, 2.45) is 0 Å². The highest BCUT2D eigenvalue weighted by Crippen LogP contribution is 2.18. The number of hydrogen-bond donors (Lipinski definition) is 1. The molecule has 1 unspecified atom stereocenters. The van der Waals surface area contributed by atoms with Crippen LogP contribution in [0.15, 0.2) is 10.9 Å². The van der Waals surface area contributed by atoms with E-state index in [1.807, 2.05) is 6.92 Å². The molecule has 0 spiro atoms. The number of nitrogens with one attached hydrogen (secondary N) is 1. The van der Waals surface area contributed by atoms with E-state index >= 15 is 0 Å². The largest absolute Gasteiger partial charge is 0.380 e. The van der Waals surface area contributed by atoms with Gasteiger partial charge in [-0.25, -0.2) is 4.98 Å². The lowest BCUT2D eigenvalue weighted by Crippen LogP contribution is -2.25. The number of H-pyrrole nitrogens is 1. The summed E-state index contributed by atoms with van der Waals surface area (Å²) < 4.78 is 5.29. The molecular weight excluding hydrogens is 206 g/mol. The number of hydrogen-bond acceptors (Lipinski definition) is 4. The van der Waals surface area contributed by atoms with Gasteiger partial charge >= 0.3 is 0 Å². The molecule has 5 nitrogen and oxygen atoms in total. The number of aromatic amines is 1. The Bertz CT molecular complexity index is 416. The average Bonchev–Trinajstić information content (AvgIpc) is 2.76. The molecule has 88 valence electrons. The van der Waals surface area contributed by atoms with E-state index in [1.165, 1.54) is 0 Å². The molecule has 2 rings (SSSR count). The summed E-state index contributed by atoms with van der Waals surface area (Å²) >= 11 is 0. The van der Waals surface area contributed by atoms with E-state index in [9.17, 15) is 4.79 Å². The van der Waals surface area contributed by atoms with Crippen molar-refractivity contribution in [3.8, 4) is 0 Å². The lowest BCUT2D eigenvalue weighted by molar-refractivity contribution is 0.121. The van der Waals surface area contributed by atoms with Crippen LogP contribution in [0.2, 0.25) is 0 Å². The van der Waals surface area contributed by atoms with Crippen LogP contribution in [0.4, 0.5) is 5.82 Å². The van der Waals surface area contributed by atoms with Gasteiger partial charge in [0.15, 0.2) is 0 Å². The predicted molar refractivity (Wildman–Crippen MR) is 61.9 cm³/mol. The minimum Gasteiger partial charge on any atom is -0.380 e. The van der Waals surface area contributed by atoms with Crippen LogP contribution in [-0.2, 0) is 11.2 Å². The van der Waals surface area contributed by atoms with Gasteiger partial charge in [0.1, 0.15) is 11.6 Å². The zero-order valence-corrected chi connectivity index (χ0v) is 9.69. The van der Waals surface area contributed by atoms with Crippen molar-refractivity contribution >= 4 is 5.82 Å². The van der Waals surface area contributed by atoms with Crippen LogP contribution in [0.5, 0.6) is 0 Å². The van der Waals surface area contributed by atoms with Gasteiger partial charge in [0.25, 0.3) is 5.56 Å². The highest BCUT2D eigenvalue weighted by molar-refractivity contribution is 5.39. The van der Waals surface area contributed by atoms with E-state index in [0.717, 1.165) is 37.6 Å². The third kappa shape index (κ3) is 2.24. The molecule has 5 heteroatoms. The molecule has 0 saturated carbocycles. The summed E-state index contributed by atoms with van der Waals surface area (Å²) in [6, 6.07) is 1.55. The highest BCUT2D eigenvalue weighted by atomic mass is 16.5. The van der Waals surface area contributed by atoms with Gasteiger partial charge in [-0.1, -0.05) is 6.92 Å². The standard InChI is InChI=1S/C11H17N3O2/c1-3-9-12-10(6-11(15)13-9)14-5-4-8(7-14)16-2/h6,8H,3-5,7H2,1-2H3,(H,12,13,15). The first-order chi connectivity index (χ1) is 7.72. The zero-order chi connectivity index (χ0) is 11.5. The Morgan fingerprint density at radius 1 is 1.69 bits per heavy atom. The third-order valence-electron chi connectivity index (χ3n) is 2.91. The molecular formula is C11H17N3O2. The second kappa shape index (κ2) is 4.65. The molecule has 0 bridgehead atoms. The summed E-state index contributed by atoms with van der Waals surface area (Å²) in [7, 11) is 1.72. The van der Waals surface area contributed by atoms with Gasteiger partial charge in [-0.05, 0) is 6.42 Å². The fourth-order valence-electron chi connectivity index (χ4n) is 1.95. The number of anilines is 1. The fourth-order valence-corrected chi connectivity index (χ4v) is 1.95. The van der Waals surface area contributed by atoms with Gasteiger partial charge in [-0.3, -0.25) is 4.79 Å². The molecule has 0 aliphatic carbocycles. The Morgan fingerprint density at radius 3 is 3.12 bits per heavy atom. The number of aryl methyl sites for hydroxylation is 1. The highest BCUT2D eigenvalue weighted by Gasteiger charge is 2.23. The molecule has 1 N–H and O–H groups in total. The topological polar surface area (TPSA) is 58.2 Å². The maximum absolute atomic E-state index is 11.4. The summed E-state index contributed by atoms with van der Waals surface area (Å²) in [4.78, 5) is 20.7. The van der Waals surface area contributed by atoms with Crippen molar-refractivity contribution in [1.82, 2.24) is 9.97 Å². The van der Waals surface area contributed by atoms with Crippen LogP contribution < -0.4 is 10.5 Å². The first-order valence-corrected chi connectivity index (χ1v) is 5.61. The second-order valence-electron chi connectivity index (χ2n) is 4.00. The Hall–Kier alpha value is -1.36. The van der Waals surface area contributed by atoms with E-state index in [2.05, 4.69) is 14.9 Å². The first kappa shape index (κ1) is 11.1. The summed E-state index contributed by atoms with van der Waals surface area (Å²) in [5.41, 5.74) is -0.0808. The van der Waals surface area contributed by atoms with Crippen LogP contribution in [-0.4, -0.2) is 36.3 Å². The van der Waals surface area contributed by atoms with Crippen molar-refractivity contribution in [2.75, 3.05) is 25.1 Å². The van der Waals surface area contributed by atoms with Gasteiger partial charge in [-0.15, -0.1) is 0 Å². The molecule has 1 aliphatic heterocycles. The van der Waals surface area contributed by atoms with E-state index in [1.54, 1.807) is 13.2 Å². The number of ether oxygens (including phenoxy) is 1. The minimum atomic E-state index is -0.0808. The SMILES string of the molecule is CCc1nc(N2CCC(OC)C2)cc(=O)[nH]1. The lowest BCUT2D eigenvalue weighted by atomic mass is 10.3. The fraction of sp³-hybridized carbons (Fsp3) is 0.636. The molecule has 0 amide bonds. The molecule has 1 aromatic rings. The van der Waals surface area contributed by atoms with Gasteiger partial charge < -0.3 is 14.6 Å². The van der Waals surface area contributed by atoms with Gasteiger partial charge in [0, 0.05) is 32.7 Å². The predicted octanol–water partition coefficient (Wildman–Crippen LogP) is 0.557. The molecule has 1 fully saturated rings. The van der Waals surface area contributed by atoms with Crippen molar-refractivity contribution in [3.05, 3.63) is 22.2 Å². The summed E-state index contributed by atoms with van der Waals surface area (Å²) in [5, 5.41) is 0. The first-order valence-electron chi connectivity index (χ1n) is 5.61. The van der Waals surface area contributed by atoms with Crippen molar-refractivity contribution in [3.63, 3.8) is 0 Å². The monoisotopic (exact) mass is 223 g/mol. The van der Waals surface area contributed by atoms with Crippen LogP contribution >= 0.6 is 0 Å². The van der Waals surface area contributed by atoms with Gasteiger partial charge in [0.2, 0.25) is 0 Å². The molecule has 1 aliphatic rings. The smallest absolute Gasteiger partial charge is 0.252 e. The maximum atomic E-state index is 11.4. The third-order valence-corrected chi connectivity index (χ3v) is 2.91. The number of rotatable bonds is 3. The Kier molecular flexibility index (Phi) is 3.24. The Morgan fingerprint density at radius 2 is 2.50 bits per heavy atom. The van der Waals surface area contributed by atoms with Gasteiger partial charge in [-0.2, -0.15) is 0 Å². The molecule has 0 radical (unpaired) electrons. The van der Waals surface area contributed by atoms with Crippen LogP contribution in [0.25, 0.3) is 0 Å². The van der Waals surface area contributed by atoms with Crippen LogP contribution in [0.3, 0.4) is 0 Å². The number of methoxy groups -OCH3 is 1. The Labute approximate surface area is 94.5 Å². The minimum absolute atomic E-state index is 0.0808. The summed E-state index contributed by atoms with van der Waals surface area (Å²) in [6.45, 7) is 3.69. The van der Waals surface area contributed by atoms with Crippen molar-refractivity contribution < 1.29 is 4.74 Å². The van der Waals surface area contributed by atoms with E-state index < -0.39 is 0 Å². The van der Waals surface area contributed by atoms with Crippen molar-refractivity contribution in [2.45, 2.75) is 25.9 Å². The molecule has 1 saturated heterocycles. The summed E-state index contributed by atoms with van der Waals surface area (Å²) in [6.07, 6.45) is 1.99. The summed E-state index contributed by atoms with van der Waals surface area (Å²) in [5.74, 6) is 1.50. The number of nitrogens with zero attached hydrogens (tertiary/aromatic N) is 2. The van der Waals surface area contributed by atoms with Crippen molar-refractivity contribution in [1.29, 1.82) is 0 Å². The van der Waals surface area contributed by atoms with E-state index in [0.29, 0.717) is 0 Å². The van der Waals surface area contributed by atoms with Gasteiger partial charge in [0.05, 0.1) is 6.10 Å².